The van der Waals surface area contributed by atoms with Gasteiger partial charge in [-0.1, -0.05) is 5.16 Å². The fourth-order valence-electron chi connectivity index (χ4n) is 2.61. The number of nitrogen functional groups attached to an aromatic ring is 1. The second-order valence-corrected chi connectivity index (χ2v) is 5.55. The third-order valence-electron chi connectivity index (χ3n) is 3.76. The second kappa shape index (κ2) is 6.11. The van der Waals surface area contributed by atoms with Crippen LogP contribution in [-0.2, 0) is 0 Å². The molecule has 4 N–H and O–H groups in total. The number of nitrogens with zero attached hydrogens (tertiary/aromatic N) is 3. The molecule has 0 unspecified atom stereocenters. The van der Waals surface area contributed by atoms with Crippen molar-refractivity contribution in [1.82, 2.24) is 20.4 Å². The summed E-state index contributed by atoms with van der Waals surface area (Å²) >= 11 is 0. The summed E-state index contributed by atoms with van der Waals surface area (Å²) < 4.78 is 4.90. The predicted octanol–water partition coefficient (Wildman–Crippen LogP) is 0.0473. The number of hydrogen-bond acceptors (Lipinski definition) is 7. The molecule has 1 aliphatic rings. The van der Waals surface area contributed by atoms with Gasteiger partial charge in [0, 0.05) is 31.3 Å². The summed E-state index contributed by atoms with van der Waals surface area (Å²) in [6.07, 6.45) is 1.49. The summed E-state index contributed by atoms with van der Waals surface area (Å²) in [7, 11) is 0. The molecule has 2 aromatic rings. The molecule has 0 aromatic carbocycles. The molecule has 23 heavy (non-hydrogen) atoms. The van der Waals surface area contributed by atoms with E-state index in [0.717, 1.165) is 12.8 Å². The van der Waals surface area contributed by atoms with Crippen LogP contribution in [0.1, 0.15) is 29.1 Å². The van der Waals surface area contributed by atoms with Crippen molar-refractivity contribution in [3.05, 3.63) is 33.9 Å². The van der Waals surface area contributed by atoms with Gasteiger partial charge in [0.05, 0.1) is 0 Å². The lowest BCUT2D eigenvalue weighted by atomic mass is 10.0. The highest BCUT2D eigenvalue weighted by molar-refractivity contribution is 5.92. The molecule has 0 radical (unpaired) electrons. The Bertz CT molecular complexity index is 760. The summed E-state index contributed by atoms with van der Waals surface area (Å²) in [4.78, 5) is 32.0. The van der Waals surface area contributed by atoms with Crippen LogP contribution >= 0.6 is 0 Å². The van der Waals surface area contributed by atoms with E-state index in [1.165, 1.54) is 6.07 Å². The van der Waals surface area contributed by atoms with E-state index in [1.807, 2.05) is 4.90 Å². The van der Waals surface area contributed by atoms with Crippen LogP contribution in [0.25, 0.3) is 0 Å². The zero-order valence-electron chi connectivity index (χ0n) is 12.7. The van der Waals surface area contributed by atoms with Gasteiger partial charge in [-0.25, -0.2) is 0 Å². The number of rotatable bonds is 3. The molecular weight excluding hydrogens is 300 g/mol. The maximum absolute atomic E-state index is 12.0. The van der Waals surface area contributed by atoms with Crippen LogP contribution in [0.2, 0.25) is 0 Å². The molecule has 1 saturated heterocycles. The SMILES string of the molecule is Cc1cc(C(=O)NC2CCN(c3cc(=O)[nH]c(N)n3)CC2)no1. The van der Waals surface area contributed by atoms with Gasteiger partial charge in [0.1, 0.15) is 11.6 Å². The Morgan fingerprint density at radius 2 is 2.17 bits per heavy atom. The van der Waals surface area contributed by atoms with Crippen molar-refractivity contribution in [1.29, 1.82) is 0 Å². The first-order valence-electron chi connectivity index (χ1n) is 7.37. The molecule has 3 rings (SSSR count). The minimum Gasteiger partial charge on any atom is -0.369 e. The Kier molecular flexibility index (Phi) is 4.00. The van der Waals surface area contributed by atoms with Crippen molar-refractivity contribution in [3.8, 4) is 0 Å². The normalized spacial score (nSPS) is 15.6. The molecule has 1 aliphatic heterocycles. The Morgan fingerprint density at radius 3 is 2.78 bits per heavy atom. The maximum Gasteiger partial charge on any atom is 0.273 e. The highest BCUT2D eigenvalue weighted by Gasteiger charge is 2.23. The average Bonchev–Trinajstić information content (AvgIpc) is 2.94. The number of anilines is 2. The average molecular weight is 318 g/mol. The van der Waals surface area contributed by atoms with Crippen molar-refractivity contribution in [2.24, 2.45) is 0 Å². The lowest BCUT2D eigenvalue weighted by Gasteiger charge is -2.32. The van der Waals surface area contributed by atoms with Crippen LogP contribution in [0.3, 0.4) is 0 Å². The van der Waals surface area contributed by atoms with Crippen LogP contribution in [0.5, 0.6) is 0 Å². The molecule has 0 spiro atoms. The third kappa shape index (κ3) is 3.50. The summed E-state index contributed by atoms with van der Waals surface area (Å²) in [6, 6.07) is 3.08. The molecular formula is C14H18N6O3. The first-order valence-corrected chi connectivity index (χ1v) is 7.37. The van der Waals surface area contributed by atoms with Crippen molar-refractivity contribution >= 4 is 17.7 Å². The van der Waals surface area contributed by atoms with Crippen molar-refractivity contribution in [2.75, 3.05) is 23.7 Å². The lowest BCUT2D eigenvalue weighted by molar-refractivity contribution is 0.0922. The van der Waals surface area contributed by atoms with Gasteiger partial charge < -0.3 is 20.5 Å². The Morgan fingerprint density at radius 1 is 1.43 bits per heavy atom. The van der Waals surface area contributed by atoms with Gasteiger partial charge in [-0.05, 0) is 19.8 Å². The molecule has 9 heteroatoms. The van der Waals surface area contributed by atoms with E-state index in [1.54, 1.807) is 13.0 Å². The number of nitrogens with one attached hydrogen (secondary N) is 2. The van der Waals surface area contributed by atoms with Gasteiger partial charge in [-0.3, -0.25) is 14.6 Å². The summed E-state index contributed by atoms with van der Waals surface area (Å²) in [5, 5.41) is 6.65. The minimum absolute atomic E-state index is 0.0510. The summed E-state index contributed by atoms with van der Waals surface area (Å²) in [6.45, 7) is 3.10. The van der Waals surface area contributed by atoms with E-state index >= 15 is 0 Å². The van der Waals surface area contributed by atoms with E-state index in [0.29, 0.717) is 24.7 Å². The Hall–Kier alpha value is -2.84. The number of piperidine rings is 1. The van der Waals surface area contributed by atoms with Crippen LogP contribution in [0.15, 0.2) is 21.5 Å². The minimum atomic E-state index is -0.274. The molecule has 122 valence electrons. The molecule has 0 atom stereocenters. The number of carbonyl (C=O) groups excluding carboxylic acids is 1. The van der Waals surface area contributed by atoms with Gasteiger partial charge in [0.25, 0.3) is 11.5 Å². The molecule has 3 heterocycles. The second-order valence-electron chi connectivity index (χ2n) is 5.55. The Balaban J connectivity index is 1.58. The van der Waals surface area contributed by atoms with E-state index in [4.69, 9.17) is 10.3 Å². The highest BCUT2D eigenvalue weighted by Crippen LogP contribution is 2.17. The van der Waals surface area contributed by atoms with Crippen molar-refractivity contribution in [2.45, 2.75) is 25.8 Å². The van der Waals surface area contributed by atoms with E-state index in [-0.39, 0.29) is 29.2 Å². The van der Waals surface area contributed by atoms with Gasteiger partial charge in [0.15, 0.2) is 5.69 Å². The van der Waals surface area contributed by atoms with E-state index in [2.05, 4.69) is 20.4 Å². The number of carbonyl (C=O) groups is 1. The zero-order chi connectivity index (χ0) is 16.4. The monoisotopic (exact) mass is 318 g/mol. The van der Waals surface area contributed by atoms with Gasteiger partial charge in [-0.2, -0.15) is 4.98 Å². The molecule has 1 amide bonds. The zero-order valence-corrected chi connectivity index (χ0v) is 12.7. The molecule has 1 fully saturated rings. The molecule has 0 aliphatic carbocycles. The molecule has 0 bridgehead atoms. The van der Waals surface area contributed by atoms with E-state index in [9.17, 15) is 9.59 Å². The van der Waals surface area contributed by atoms with Gasteiger partial charge in [-0.15, -0.1) is 0 Å². The Labute approximate surface area is 131 Å². The predicted molar refractivity (Wildman–Crippen MR) is 83.2 cm³/mol. The number of H-pyrrole nitrogens is 1. The maximum atomic E-state index is 12.0. The number of aromatic amines is 1. The van der Waals surface area contributed by atoms with Crippen LogP contribution in [0.4, 0.5) is 11.8 Å². The first-order chi connectivity index (χ1) is 11.0. The van der Waals surface area contributed by atoms with Gasteiger partial charge >= 0.3 is 0 Å². The topological polar surface area (TPSA) is 130 Å². The van der Waals surface area contributed by atoms with E-state index < -0.39 is 0 Å². The summed E-state index contributed by atoms with van der Waals surface area (Å²) in [5.74, 6) is 1.02. The largest absolute Gasteiger partial charge is 0.369 e. The third-order valence-corrected chi connectivity index (χ3v) is 3.76. The number of hydrogen-bond donors (Lipinski definition) is 3. The molecule has 0 saturated carbocycles. The summed E-state index contributed by atoms with van der Waals surface area (Å²) in [5.41, 5.74) is 5.57. The van der Waals surface area contributed by atoms with Crippen LogP contribution < -0.4 is 21.5 Å². The van der Waals surface area contributed by atoms with Gasteiger partial charge in [0.2, 0.25) is 5.95 Å². The number of nitrogens with two attached hydrogens (primary N) is 1. The quantitative estimate of drug-likeness (QED) is 0.728. The van der Waals surface area contributed by atoms with Crippen molar-refractivity contribution < 1.29 is 9.32 Å². The van der Waals surface area contributed by atoms with Crippen molar-refractivity contribution in [3.63, 3.8) is 0 Å². The molecule has 9 nitrogen and oxygen atoms in total. The fourth-order valence-corrected chi connectivity index (χ4v) is 2.61. The van der Waals surface area contributed by atoms with Crippen LogP contribution in [-0.4, -0.2) is 40.2 Å². The first kappa shape index (κ1) is 15.1. The molecule has 2 aromatic heterocycles. The fraction of sp³-hybridized carbons (Fsp3) is 0.429. The smallest absolute Gasteiger partial charge is 0.273 e. The van der Waals surface area contributed by atoms with Crippen LogP contribution in [0, 0.1) is 6.92 Å². The number of amides is 1. The number of aromatic nitrogens is 3. The number of aryl methyl sites for hydroxylation is 1. The highest BCUT2D eigenvalue weighted by atomic mass is 16.5. The standard InChI is InChI=1S/C14H18N6O3/c1-8-6-10(19-23-8)13(22)16-9-2-4-20(5-3-9)11-7-12(21)18-14(15)17-11/h6-7,9H,2-5H2,1H3,(H,16,22)(H3,15,17,18,21). The lowest BCUT2D eigenvalue weighted by Crippen LogP contribution is -2.45.